The van der Waals surface area contributed by atoms with Crippen molar-refractivity contribution in [3.63, 3.8) is 0 Å². The molecular formula is C44H41N9O8. The first kappa shape index (κ1) is 39.0. The number of urea groups is 1. The summed E-state index contributed by atoms with van der Waals surface area (Å²) in [6.07, 6.45) is 1.76. The van der Waals surface area contributed by atoms with E-state index in [1.54, 1.807) is 82.5 Å². The van der Waals surface area contributed by atoms with Crippen molar-refractivity contribution in [2.75, 3.05) is 27.2 Å². The zero-order valence-electron chi connectivity index (χ0n) is 33.2. The van der Waals surface area contributed by atoms with Crippen LogP contribution in [0.3, 0.4) is 0 Å². The van der Waals surface area contributed by atoms with Crippen molar-refractivity contribution >= 4 is 51.6 Å². The van der Waals surface area contributed by atoms with E-state index in [1.807, 2.05) is 30.3 Å². The fraction of sp³-hybridized carbons (Fsp3) is 0.227. The summed E-state index contributed by atoms with van der Waals surface area (Å²) in [5.41, 5.74) is 11.4. The topological polar surface area (TPSA) is 206 Å². The first-order chi connectivity index (χ1) is 29.4. The normalized spacial score (nSPS) is 17.9. The number of phenols is 1. The number of benzene rings is 3. The second-order valence-electron chi connectivity index (χ2n) is 15.6. The maximum absolute atomic E-state index is 13.0. The molecule has 0 saturated carbocycles. The van der Waals surface area contributed by atoms with Gasteiger partial charge >= 0.3 is 6.03 Å². The molecule has 5 N–H and O–H groups in total. The molecule has 0 aliphatic carbocycles. The molecule has 310 valence electrons. The highest BCUT2D eigenvalue weighted by atomic mass is 16.5. The zero-order chi connectivity index (χ0) is 42.9. The number of hydroxylamine groups is 2. The van der Waals surface area contributed by atoms with Gasteiger partial charge in [-0.1, -0.05) is 30.8 Å². The molecule has 4 bridgehead atoms. The lowest BCUT2D eigenvalue weighted by Gasteiger charge is -2.44. The lowest BCUT2D eigenvalue weighted by molar-refractivity contribution is -0.135. The second-order valence-corrected chi connectivity index (χ2v) is 15.6. The van der Waals surface area contributed by atoms with Crippen LogP contribution in [0, 0.1) is 0 Å². The molecule has 4 aliphatic rings. The smallest absolute Gasteiger partial charge is 0.326 e. The van der Waals surface area contributed by atoms with Gasteiger partial charge in [-0.3, -0.25) is 34.5 Å². The molecule has 2 fully saturated rings. The summed E-state index contributed by atoms with van der Waals surface area (Å²) in [7, 11) is 3.27. The number of phenolic OH excluding ortho intramolecular Hbond substituents is 1. The lowest BCUT2D eigenvalue weighted by atomic mass is 9.89. The van der Waals surface area contributed by atoms with Gasteiger partial charge in [0.1, 0.15) is 17.2 Å². The Morgan fingerprint density at radius 2 is 1.26 bits per heavy atom. The molecule has 2 atom stereocenters. The minimum Gasteiger partial charge on any atom is -0.508 e. The van der Waals surface area contributed by atoms with E-state index in [9.17, 15) is 29.1 Å². The van der Waals surface area contributed by atoms with Crippen LogP contribution in [-0.4, -0.2) is 106 Å². The third-order valence-electron chi connectivity index (χ3n) is 12.2. The molecule has 2 saturated heterocycles. The number of nitrogens with zero attached hydrogens (tertiary/aromatic N) is 7. The van der Waals surface area contributed by atoms with Gasteiger partial charge in [0.2, 0.25) is 11.8 Å². The monoisotopic (exact) mass is 823 g/mol. The largest absolute Gasteiger partial charge is 0.508 e. The summed E-state index contributed by atoms with van der Waals surface area (Å²) in [4.78, 5) is 72.8. The Labute approximate surface area is 348 Å². The summed E-state index contributed by atoms with van der Waals surface area (Å²) < 4.78 is 4.20. The van der Waals surface area contributed by atoms with Crippen LogP contribution in [0.25, 0.3) is 21.9 Å². The van der Waals surface area contributed by atoms with Crippen molar-refractivity contribution < 1.29 is 39.5 Å². The van der Waals surface area contributed by atoms with Crippen LogP contribution >= 0.6 is 0 Å². The quantitative estimate of drug-likeness (QED) is 0.120. The lowest BCUT2D eigenvalue weighted by Crippen LogP contribution is -2.56. The highest BCUT2D eigenvalue weighted by Crippen LogP contribution is 2.43. The molecule has 4 aliphatic heterocycles. The molecule has 7 heterocycles. The molecule has 2 unspecified atom stereocenters. The van der Waals surface area contributed by atoms with E-state index in [0.29, 0.717) is 56.2 Å². The maximum Gasteiger partial charge on any atom is 0.326 e. The Morgan fingerprint density at radius 1 is 0.721 bits per heavy atom. The zero-order valence-corrected chi connectivity index (χ0v) is 33.2. The molecule has 6 amide bonds. The van der Waals surface area contributed by atoms with Crippen molar-refractivity contribution in [3.8, 4) is 5.75 Å². The van der Waals surface area contributed by atoms with Crippen molar-refractivity contribution in [3.05, 3.63) is 142 Å². The van der Waals surface area contributed by atoms with Crippen LogP contribution in [0.1, 0.15) is 66.2 Å². The average molecular weight is 824 g/mol. The molecule has 0 radical (unpaired) electrons. The van der Waals surface area contributed by atoms with Gasteiger partial charge in [0.05, 0.1) is 24.9 Å². The van der Waals surface area contributed by atoms with Crippen LogP contribution in [0.2, 0.25) is 0 Å². The number of hydrogen-bond acceptors (Lipinski definition) is 10. The van der Waals surface area contributed by atoms with Crippen LogP contribution in [-0.2, 0) is 35.8 Å². The number of rotatable bonds is 6. The molecular weight excluding hydrogens is 783 g/mol. The highest BCUT2D eigenvalue weighted by Gasteiger charge is 2.45. The molecule has 10 rings (SSSR count). The predicted molar refractivity (Wildman–Crippen MR) is 219 cm³/mol. The Kier molecular flexibility index (Phi) is 9.56. The standard InChI is InChI=1S/C22H21N5O3.C22H20N4O5/c1-13-25(2)22(29)17-11-26(13)12-18-19(17)16-4-3-9-23-20(16)27(18)10-14-5-7-15(8-6-14)21(28)24-30;1-24-21(29)16-10-25(22(24)30)11-18-19(16)15-8-14(27)6-7-17(15)26(18)9-12-2-4-13(5-3-12)20(28)23-31/h3-9,17,30H,1,10-12H2,2H3,(H,24,28);2-8,16,27,31H,9-11H2,1H3,(H,23,28). The van der Waals surface area contributed by atoms with Crippen molar-refractivity contribution in [1.29, 1.82) is 0 Å². The van der Waals surface area contributed by atoms with Crippen molar-refractivity contribution in [2.24, 2.45) is 0 Å². The van der Waals surface area contributed by atoms with E-state index < -0.39 is 17.7 Å². The summed E-state index contributed by atoms with van der Waals surface area (Å²) >= 11 is 0. The number of fused-ring (bicyclic) bond motifs is 12. The maximum atomic E-state index is 13.0. The highest BCUT2D eigenvalue weighted by molar-refractivity contribution is 6.04. The van der Waals surface area contributed by atoms with Crippen LogP contribution in [0.5, 0.6) is 5.75 Å². The minimum absolute atomic E-state index is 0.0551. The summed E-state index contributed by atoms with van der Waals surface area (Å²) in [5, 5.41) is 29.5. The third-order valence-corrected chi connectivity index (χ3v) is 12.2. The van der Waals surface area contributed by atoms with Gasteiger partial charge in [0.25, 0.3) is 11.8 Å². The van der Waals surface area contributed by atoms with Crippen LogP contribution in [0.4, 0.5) is 4.79 Å². The number of imide groups is 1. The van der Waals surface area contributed by atoms with Gasteiger partial charge in [-0.2, -0.15) is 0 Å². The Bertz CT molecular complexity index is 2830. The molecule has 3 aromatic carbocycles. The van der Waals surface area contributed by atoms with Gasteiger partial charge in [-0.25, -0.2) is 20.7 Å². The van der Waals surface area contributed by atoms with Crippen LogP contribution in [0.15, 0.2) is 97.5 Å². The summed E-state index contributed by atoms with van der Waals surface area (Å²) in [5.74, 6) is -1.22. The summed E-state index contributed by atoms with van der Waals surface area (Å²) in [6, 6.07) is 22.6. The van der Waals surface area contributed by atoms with E-state index in [2.05, 4.69) is 25.6 Å². The van der Waals surface area contributed by atoms with Gasteiger partial charge < -0.3 is 28.9 Å². The van der Waals surface area contributed by atoms with E-state index in [1.165, 1.54) is 7.05 Å². The molecule has 61 heavy (non-hydrogen) atoms. The first-order valence-electron chi connectivity index (χ1n) is 19.5. The van der Waals surface area contributed by atoms with Crippen molar-refractivity contribution in [1.82, 2.24) is 44.7 Å². The van der Waals surface area contributed by atoms with Gasteiger partial charge in [0.15, 0.2) is 0 Å². The molecule has 3 aromatic heterocycles. The third kappa shape index (κ3) is 6.41. The van der Waals surface area contributed by atoms with E-state index in [0.717, 1.165) is 60.5 Å². The number of likely N-dealkylation sites (N-methyl/N-ethyl adjacent to an activating group) is 2. The molecule has 17 heteroatoms. The Balaban J connectivity index is 0.000000156. The van der Waals surface area contributed by atoms with E-state index >= 15 is 0 Å². The van der Waals surface area contributed by atoms with Crippen molar-refractivity contribution in [2.45, 2.75) is 38.0 Å². The Morgan fingerprint density at radius 3 is 1.89 bits per heavy atom. The Hall–Kier alpha value is -7.50. The average Bonchev–Trinajstić information content (AvgIpc) is 3.76. The molecule has 17 nitrogen and oxygen atoms in total. The summed E-state index contributed by atoms with van der Waals surface area (Å²) in [6.45, 7) is 7.08. The first-order valence-corrected chi connectivity index (χ1v) is 19.5. The number of aromatic nitrogens is 3. The van der Waals surface area contributed by atoms with Gasteiger partial charge in [0, 0.05) is 85.3 Å². The predicted octanol–water partition coefficient (Wildman–Crippen LogP) is 4.05. The minimum atomic E-state index is -0.590. The number of carbonyl (C=O) groups is 5. The number of carbonyl (C=O) groups excluding carboxylic acids is 5. The second kappa shape index (κ2) is 15.0. The molecule has 0 spiro atoms. The number of nitrogens with one attached hydrogen (secondary N) is 2. The van der Waals surface area contributed by atoms with Gasteiger partial charge in [-0.15, -0.1) is 0 Å². The van der Waals surface area contributed by atoms with E-state index in [-0.39, 0.29) is 29.5 Å². The number of pyridine rings is 1. The van der Waals surface area contributed by atoms with Crippen LogP contribution < -0.4 is 11.0 Å². The fourth-order valence-corrected chi connectivity index (χ4v) is 9.13. The molecule has 6 aromatic rings. The SMILES string of the molecule is C=C1N2Cc3c(c4cccnc4n3Cc3ccc(C(=O)NO)cc3)C(C2)C(=O)N1C.CN1C(=O)C2CN(Cc3c2c2cc(O)ccc2n3Cc2ccc(C(=O)NO)cc2)C1=O. The van der Waals surface area contributed by atoms with E-state index in [4.69, 9.17) is 10.4 Å². The number of hydrogen-bond donors (Lipinski definition) is 5. The van der Waals surface area contributed by atoms with Gasteiger partial charge in [-0.05, 0) is 76.9 Å². The number of amides is 6. The number of aromatic hydroxyl groups is 1. The fourth-order valence-electron chi connectivity index (χ4n) is 9.13.